The number of carbonyl (C=O) groups excluding carboxylic acids is 1. The third-order valence-electron chi connectivity index (χ3n) is 1.37. The molecule has 0 aromatic heterocycles. The van der Waals surface area contributed by atoms with Gasteiger partial charge in [-0.15, -0.1) is 0 Å². The fraction of sp³-hybridized carbons (Fsp3) is 0.125. The Kier molecular flexibility index (Phi) is 3.29. The molecule has 0 bridgehead atoms. The van der Waals surface area contributed by atoms with Crippen molar-refractivity contribution in [2.45, 2.75) is 0 Å². The molecule has 0 spiro atoms. The SMILES string of the molecule is COc1ccc(Br)cc1C(=O)Br. The summed E-state index contributed by atoms with van der Waals surface area (Å²) in [6.45, 7) is 0. The molecule has 12 heavy (non-hydrogen) atoms. The van der Waals surface area contributed by atoms with E-state index in [-0.39, 0.29) is 4.69 Å². The maximum absolute atomic E-state index is 11.0. The van der Waals surface area contributed by atoms with Crippen molar-refractivity contribution in [3.8, 4) is 5.75 Å². The van der Waals surface area contributed by atoms with Gasteiger partial charge in [-0.1, -0.05) is 15.9 Å². The molecule has 64 valence electrons. The molecule has 0 aliphatic heterocycles. The number of hydrogen-bond donors (Lipinski definition) is 0. The molecule has 0 aliphatic carbocycles. The van der Waals surface area contributed by atoms with Crippen LogP contribution in [0.2, 0.25) is 0 Å². The van der Waals surface area contributed by atoms with E-state index in [0.717, 1.165) is 4.47 Å². The molecule has 0 fully saturated rings. The van der Waals surface area contributed by atoms with Gasteiger partial charge in [0, 0.05) is 4.47 Å². The molecule has 0 aliphatic rings. The van der Waals surface area contributed by atoms with Gasteiger partial charge in [-0.3, -0.25) is 4.79 Å². The Morgan fingerprint density at radius 2 is 2.17 bits per heavy atom. The summed E-state index contributed by atoms with van der Waals surface area (Å²) in [6, 6.07) is 5.26. The highest BCUT2D eigenvalue weighted by Crippen LogP contribution is 2.24. The van der Waals surface area contributed by atoms with Crippen molar-refractivity contribution in [1.82, 2.24) is 0 Å². The number of ether oxygens (including phenoxy) is 1. The van der Waals surface area contributed by atoms with E-state index in [1.165, 1.54) is 7.11 Å². The minimum Gasteiger partial charge on any atom is -0.496 e. The van der Waals surface area contributed by atoms with Crippen molar-refractivity contribution in [1.29, 1.82) is 0 Å². The molecule has 2 nitrogen and oxygen atoms in total. The molecule has 0 atom stereocenters. The van der Waals surface area contributed by atoms with Crippen LogP contribution in [0.15, 0.2) is 22.7 Å². The Balaban J connectivity index is 3.21. The number of methoxy groups -OCH3 is 1. The Morgan fingerprint density at radius 3 is 2.67 bits per heavy atom. The maximum atomic E-state index is 11.0. The van der Waals surface area contributed by atoms with Crippen molar-refractivity contribution >= 4 is 36.6 Å². The Labute approximate surface area is 87.2 Å². The van der Waals surface area contributed by atoms with Crippen LogP contribution in [0.25, 0.3) is 0 Å². The zero-order valence-corrected chi connectivity index (χ0v) is 9.48. The van der Waals surface area contributed by atoms with Crippen LogP contribution in [0.3, 0.4) is 0 Å². The summed E-state index contributed by atoms with van der Waals surface area (Å²) in [4.78, 5) is 11.0. The smallest absolute Gasteiger partial charge is 0.231 e. The van der Waals surface area contributed by atoms with Gasteiger partial charge in [-0.2, -0.15) is 0 Å². The first kappa shape index (κ1) is 9.74. The van der Waals surface area contributed by atoms with Crippen LogP contribution < -0.4 is 4.74 Å². The first-order valence-corrected chi connectivity index (χ1v) is 4.77. The van der Waals surface area contributed by atoms with Crippen LogP contribution in [-0.2, 0) is 0 Å². The lowest BCUT2D eigenvalue weighted by molar-refractivity contribution is 0.109. The summed E-state index contributed by atoms with van der Waals surface area (Å²) in [6.07, 6.45) is 0. The van der Waals surface area contributed by atoms with Crippen LogP contribution in [0.1, 0.15) is 10.4 Å². The molecule has 1 rings (SSSR count). The van der Waals surface area contributed by atoms with E-state index in [1.54, 1.807) is 12.1 Å². The van der Waals surface area contributed by atoms with Crippen molar-refractivity contribution in [2.75, 3.05) is 7.11 Å². The Morgan fingerprint density at radius 1 is 1.50 bits per heavy atom. The second-order valence-corrected chi connectivity index (χ2v) is 3.75. The van der Waals surface area contributed by atoms with E-state index in [0.29, 0.717) is 11.3 Å². The van der Waals surface area contributed by atoms with E-state index in [4.69, 9.17) is 4.74 Å². The fourth-order valence-corrected chi connectivity index (χ4v) is 1.50. The van der Waals surface area contributed by atoms with Crippen molar-refractivity contribution in [3.63, 3.8) is 0 Å². The van der Waals surface area contributed by atoms with Gasteiger partial charge in [0.15, 0.2) is 0 Å². The molecule has 0 radical (unpaired) electrons. The molecule has 4 heteroatoms. The van der Waals surface area contributed by atoms with Crippen LogP contribution in [0.5, 0.6) is 5.75 Å². The van der Waals surface area contributed by atoms with Crippen molar-refractivity contribution < 1.29 is 9.53 Å². The summed E-state index contributed by atoms with van der Waals surface area (Å²) in [7, 11) is 1.53. The van der Waals surface area contributed by atoms with Crippen LogP contribution in [0.4, 0.5) is 0 Å². The third-order valence-corrected chi connectivity index (χ3v) is 2.29. The number of rotatable bonds is 2. The minimum absolute atomic E-state index is 0.180. The second kappa shape index (κ2) is 4.05. The Bertz CT molecular complexity index is 310. The lowest BCUT2D eigenvalue weighted by Gasteiger charge is -2.04. The standard InChI is InChI=1S/C8H6Br2O2/c1-12-7-3-2-5(9)4-6(7)8(10)11/h2-4H,1H3. The molecular weight excluding hydrogens is 288 g/mol. The van der Waals surface area contributed by atoms with Gasteiger partial charge >= 0.3 is 0 Å². The molecule has 0 amide bonds. The number of carbonyl (C=O) groups is 1. The van der Waals surface area contributed by atoms with Crippen molar-refractivity contribution in [3.05, 3.63) is 28.2 Å². The predicted octanol–water partition coefficient (Wildman–Crippen LogP) is 2.99. The average molecular weight is 294 g/mol. The fourth-order valence-electron chi connectivity index (χ4n) is 0.834. The first-order valence-electron chi connectivity index (χ1n) is 3.18. The quantitative estimate of drug-likeness (QED) is 0.784. The molecule has 1 aromatic rings. The van der Waals surface area contributed by atoms with E-state index in [9.17, 15) is 4.79 Å². The average Bonchev–Trinajstić information content (AvgIpc) is 2.04. The number of hydrogen-bond acceptors (Lipinski definition) is 2. The number of halogens is 2. The molecular formula is C8H6Br2O2. The monoisotopic (exact) mass is 292 g/mol. The van der Waals surface area contributed by atoms with Gasteiger partial charge < -0.3 is 4.74 Å². The van der Waals surface area contributed by atoms with E-state index in [2.05, 4.69) is 31.9 Å². The van der Waals surface area contributed by atoms with Gasteiger partial charge in [0.25, 0.3) is 0 Å². The van der Waals surface area contributed by atoms with E-state index >= 15 is 0 Å². The van der Waals surface area contributed by atoms with Crippen LogP contribution in [0, 0.1) is 0 Å². The topological polar surface area (TPSA) is 26.3 Å². The molecule has 1 aromatic carbocycles. The van der Waals surface area contributed by atoms with Gasteiger partial charge in [0.05, 0.1) is 12.7 Å². The highest BCUT2D eigenvalue weighted by Gasteiger charge is 2.08. The summed E-state index contributed by atoms with van der Waals surface area (Å²) in [5.41, 5.74) is 0.520. The molecule has 0 unspecified atom stereocenters. The summed E-state index contributed by atoms with van der Waals surface area (Å²) in [5, 5.41) is 0. The summed E-state index contributed by atoms with van der Waals surface area (Å²) < 4.78 is 5.66. The van der Waals surface area contributed by atoms with E-state index < -0.39 is 0 Å². The van der Waals surface area contributed by atoms with E-state index in [1.807, 2.05) is 6.07 Å². The lowest BCUT2D eigenvalue weighted by Crippen LogP contribution is -1.94. The summed E-state index contributed by atoms with van der Waals surface area (Å²) in [5.74, 6) is 0.570. The molecule has 0 N–H and O–H groups in total. The largest absolute Gasteiger partial charge is 0.496 e. The summed E-state index contributed by atoms with van der Waals surface area (Å²) >= 11 is 6.13. The van der Waals surface area contributed by atoms with Crippen molar-refractivity contribution in [2.24, 2.45) is 0 Å². The highest BCUT2D eigenvalue weighted by atomic mass is 79.9. The molecule has 0 saturated carbocycles. The maximum Gasteiger partial charge on any atom is 0.231 e. The lowest BCUT2D eigenvalue weighted by atomic mass is 10.2. The van der Waals surface area contributed by atoms with Gasteiger partial charge in [-0.25, -0.2) is 0 Å². The second-order valence-electron chi connectivity index (χ2n) is 2.12. The zero-order chi connectivity index (χ0) is 9.14. The van der Waals surface area contributed by atoms with Crippen LogP contribution >= 0.6 is 31.9 Å². The normalized spacial score (nSPS) is 9.58. The van der Waals surface area contributed by atoms with Gasteiger partial charge in [-0.05, 0) is 34.1 Å². The van der Waals surface area contributed by atoms with Gasteiger partial charge in [0.2, 0.25) is 4.69 Å². The highest BCUT2D eigenvalue weighted by molar-refractivity contribution is 9.18. The third kappa shape index (κ3) is 2.08. The Hall–Kier alpha value is -0.350. The van der Waals surface area contributed by atoms with Gasteiger partial charge in [0.1, 0.15) is 5.75 Å². The molecule has 0 heterocycles. The predicted molar refractivity (Wildman–Crippen MR) is 54.0 cm³/mol. The number of benzene rings is 1. The molecule has 0 saturated heterocycles. The minimum atomic E-state index is -0.180. The zero-order valence-electron chi connectivity index (χ0n) is 6.30. The first-order chi connectivity index (χ1) is 5.65. The van der Waals surface area contributed by atoms with Crippen LogP contribution in [-0.4, -0.2) is 11.8 Å².